The Morgan fingerprint density at radius 2 is 2.00 bits per heavy atom. The zero-order valence-corrected chi connectivity index (χ0v) is 16.5. The van der Waals surface area contributed by atoms with Crippen LogP contribution >= 0.6 is 0 Å². The molecule has 1 amide bonds. The third kappa shape index (κ3) is 5.84. The van der Waals surface area contributed by atoms with Crippen molar-refractivity contribution in [1.82, 2.24) is 10.3 Å². The predicted octanol–water partition coefficient (Wildman–Crippen LogP) is 4.37. The fourth-order valence-corrected chi connectivity index (χ4v) is 3.44. The van der Waals surface area contributed by atoms with Gasteiger partial charge in [-0.1, -0.05) is 29.8 Å². The van der Waals surface area contributed by atoms with Gasteiger partial charge in [0.2, 0.25) is 0 Å². The van der Waals surface area contributed by atoms with Crippen molar-refractivity contribution in [3.8, 4) is 5.75 Å². The van der Waals surface area contributed by atoms with Crippen LogP contribution in [0.4, 0.5) is 5.69 Å². The summed E-state index contributed by atoms with van der Waals surface area (Å²) in [6.45, 7) is 1.44. The second kappa shape index (κ2) is 10.5. The SMILES string of the molecule is COc1ccccc1CCNC(=O)c1ccc(NCCC2=CCCCC2)cn1. The first-order chi connectivity index (χ1) is 13.8. The highest BCUT2D eigenvalue weighted by Gasteiger charge is 2.08. The molecule has 0 saturated heterocycles. The van der Waals surface area contributed by atoms with Gasteiger partial charge in [0.1, 0.15) is 11.4 Å². The minimum atomic E-state index is -0.159. The summed E-state index contributed by atoms with van der Waals surface area (Å²) in [5.41, 5.74) is 4.01. The number of aromatic nitrogens is 1. The molecule has 1 aromatic heterocycles. The molecule has 0 spiro atoms. The van der Waals surface area contributed by atoms with Crippen LogP contribution in [0.3, 0.4) is 0 Å². The van der Waals surface area contributed by atoms with Crippen molar-refractivity contribution in [3.63, 3.8) is 0 Å². The molecule has 1 aromatic carbocycles. The van der Waals surface area contributed by atoms with Gasteiger partial charge in [-0.15, -0.1) is 0 Å². The van der Waals surface area contributed by atoms with Crippen LogP contribution < -0.4 is 15.4 Å². The Bertz CT molecular complexity index is 800. The molecule has 2 aromatic rings. The molecular weight excluding hydrogens is 350 g/mol. The van der Waals surface area contributed by atoms with E-state index in [1.54, 1.807) is 24.9 Å². The molecule has 0 unspecified atom stereocenters. The number of methoxy groups -OCH3 is 1. The lowest BCUT2D eigenvalue weighted by atomic mass is 9.97. The standard InChI is InChI=1S/C23H29N3O2/c1-28-22-10-6-5-9-19(22)14-16-25-23(27)21-12-11-20(17-26-21)24-15-13-18-7-3-2-4-8-18/h5-7,9-12,17,24H,2-4,8,13-16H2,1H3,(H,25,27). The number of amides is 1. The molecule has 0 bridgehead atoms. The van der Waals surface area contributed by atoms with Crippen molar-refractivity contribution in [3.05, 3.63) is 65.5 Å². The maximum absolute atomic E-state index is 12.3. The van der Waals surface area contributed by atoms with Gasteiger partial charge in [0.15, 0.2) is 0 Å². The van der Waals surface area contributed by atoms with Crippen LogP contribution in [-0.2, 0) is 6.42 Å². The summed E-state index contributed by atoms with van der Waals surface area (Å²) in [5.74, 6) is 0.683. The van der Waals surface area contributed by atoms with Gasteiger partial charge in [-0.2, -0.15) is 0 Å². The van der Waals surface area contributed by atoms with Crippen molar-refractivity contribution < 1.29 is 9.53 Å². The van der Waals surface area contributed by atoms with Gasteiger partial charge in [-0.3, -0.25) is 4.79 Å². The highest BCUT2D eigenvalue weighted by molar-refractivity contribution is 5.92. The monoisotopic (exact) mass is 379 g/mol. The van der Waals surface area contributed by atoms with Gasteiger partial charge in [0, 0.05) is 13.1 Å². The summed E-state index contributed by atoms with van der Waals surface area (Å²) in [7, 11) is 1.66. The number of pyridine rings is 1. The number of carbonyl (C=O) groups is 1. The average Bonchev–Trinajstić information content (AvgIpc) is 2.75. The summed E-state index contributed by atoms with van der Waals surface area (Å²) in [6.07, 6.45) is 11.0. The first kappa shape index (κ1) is 19.9. The fraction of sp³-hybridized carbons (Fsp3) is 0.391. The van der Waals surface area contributed by atoms with E-state index in [0.717, 1.165) is 30.0 Å². The van der Waals surface area contributed by atoms with E-state index >= 15 is 0 Å². The van der Waals surface area contributed by atoms with Crippen LogP contribution in [0.5, 0.6) is 5.75 Å². The molecule has 1 heterocycles. The van der Waals surface area contributed by atoms with Crippen molar-refractivity contribution in [2.24, 2.45) is 0 Å². The van der Waals surface area contributed by atoms with Crippen molar-refractivity contribution in [2.75, 3.05) is 25.5 Å². The summed E-state index contributed by atoms with van der Waals surface area (Å²) in [6, 6.07) is 11.5. The fourth-order valence-electron chi connectivity index (χ4n) is 3.44. The van der Waals surface area contributed by atoms with Gasteiger partial charge >= 0.3 is 0 Å². The van der Waals surface area contributed by atoms with E-state index in [1.807, 2.05) is 30.3 Å². The normalized spacial score (nSPS) is 13.5. The molecule has 0 radical (unpaired) electrons. The van der Waals surface area contributed by atoms with Gasteiger partial charge < -0.3 is 15.4 Å². The quantitative estimate of drug-likeness (QED) is 0.635. The maximum atomic E-state index is 12.3. The summed E-state index contributed by atoms with van der Waals surface area (Å²) < 4.78 is 5.34. The molecule has 2 N–H and O–H groups in total. The summed E-state index contributed by atoms with van der Waals surface area (Å²) in [5, 5.41) is 6.31. The Balaban J connectivity index is 1.42. The minimum absolute atomic E-state index is 0.159. The Labute approximate surface area is 167 Å². The van der Waals surface area contributed by atoms with Crippen molar-refractivity contribution in [1.29, 1.82) is 0 Å². The van der Waals surface area contributed by atoms with Crippen LogP contribution in [0.25, 0.3) is 0 Å². The lowest BCUT2D eigenvalue weighted by Gasteiger charge is -2.13. The molecule has 0 aliphatic heterocycles. The van der Waals surface area contributed by atoms with E-state index in [-0.39, 0.29) is 5.91 Å². The van der Waals surface area contributed by atoms with E-state index in [9.17, 15) is 4.79 Å². The van der Waals surface area contributed by atoms with Crippen LogP contribution in [0, 0.1) is 0 Å². The number of para-hydroxylation sites is 1. The zero-order valence-electron chi connectivity index (χ0n) is 16.5. The number of nitrogens with zero attached hydrogens (tertiary/aromatic N) is 1. The maximum Gasteiger partial charge on any atom is 0.269 e. The highest BCUT2D eigenvalue weighted by atomic mass is 16.5. The molecule has 5 heteroatoms. The topological polar surface area (TPSA) is 63.2 Å². The summed E-state index contributed by atoms with van der Waals surface area (Å²) >= 11 is 0. The lowest BCUT2D eigenvalue weighted by molar-refractivity contribution is 0.0949. The summed E-state index contributed by atoms with van der Waals surface area (Å²) in [4.78, 5) is 16.6. The molecular formula is C23H29N3O2. The number of benzene rings is 1. The van der Waals surface area contributed by atoms with Crippen LogP contribution in [0.1, 0.15) is 48.2 Å². The van der Waals surface area contributed by atoms with Gasteiger partial charge in [-0.05, 0) is 62.3 Å². The van der Waals surface area contributed by atoms with Gasteiger partial charge in [-0.25, -0.2) is 4.98 Å². The van der Waals surface area contributed by atoms with Gasteiger partial charge in [0.25, 0.3) is 5.91 Å². The number of allylic oxidation sites excluding steroid dienone is 1. The number of nitrogens with one attached hydrogen (secondary N) is 2. The Morgan fingerprint density at radius 1 is 1.11 bits per heavy atom. The number of anilines is 1. The Morgan fingerprint density at radius 3 is 2.75 bits per heavy atom. The van der Waals surface area contributed by atoms with E-state index in [4.69, 9.17) is 4.74 Å². The lowest BCUT2D eigenvalue weighted by Crippen LogP contribution is -2.26. The third-order valence-electron chi connectivity index (χ3n) is 5.03. The van der Waals surface area contributed by atoms with Crippen molar-refractivity contribution >= 4 is 11.6 Å². The second-order valence-electron chi connectivity index (χ2n) is 7.03. The van der Waals surface area contributed by atoms with Crippen molar-refractivity contribution in [2.45, 2.75) is 38.5 Å². The largest absolute Gasteiger partial charge is 0.496 e. The average molecular weight is 380 g/mol. The zero-order chi connectivity index (χ0) is 19.6. The number of ether oxygens (including phenoxy) is 1. The molecule has 148 valence electrons. The molecule has 0 atom stereocenters. The van der Waals surface area contributed by atoms with Crippen LogP contribution in [0.15, 0.2) is 54.2 Å². The van der Waals surface area contributed by atoms with Crippen LogP contribution in [0.2, 0.25) is 0 Å². The molecule has 1 aliphatic carbocycles. The first-order valence-electron chi connectivity index (χ1n) is 10.0. The molecule has 0 fully saturated rings. The van der Waals surface area contributed by atoms with E-state index in [1.165, 1.54) is 25.7 Å². The number of hydrogen-bond acceptors (Lipinski definition) is 4. The van der Waals surface area contributed by atoms with E-state index in [0.29, 0.717) is 18.7 Å². The van der Waals surface area contributed by atoms with E-state index < -0.39 is 0 Å². The Hall–Kier alpha value is -2.82. The molecule has 3 rings (SSSR count). The van der Waals surface area contributed by atoms with Crippen LogP contribution in [-0.4, -0.2) is 31.1 Å². The first-order valence-corrected chi connectivity index (χ1v) is 10.0. The highest BCUT2D eigenvalue weighted by Crippen LogP contribution is 2.20. The number of rotatable bonds is 9. The van der Waals surface area contributed by atoms with E-state index in [2.05, 4.69) is 21.7 Å². The third-order valence-corrected chi connectivity index (χ3v) is 5.03. The molecule has 5 nitrogen and oxygen atoms in total. The Kier molecular flexibility index (Phi) is 7.47. The predicted molar refractivity (Wildman–Crippen MR) is 113 cm³/mol. The molecule has 1 aliphatic rings. The molecule has 28 heavy (non-hydrogen) atoms. The second-order valence-corrected chi connectivity index (χ2v) is 7.03. The number of hydrogen-bond donors (Lipinski definition) is 2. The minimum Gasteiger partial charge on any atom is -0.496 e. The smallest absolute Gasteiger partial charge is 0.269 e. The molecule has 0 saturated carbocycles. The van der Waals surface area contributed by atoms with Gasteiger partial charge in [0.05, 0.1) is 19.0 Å². The number of carbonyl (C=O) groups excluding carboxylic acids is 1.